The first-order valence-electron chi connectivity index (χ1n) is 5.13. The minimum absolute atomic E-state index is 0.111. The number of pyridine rings is 1. The molecule has 0 fully saturated rings. The van der Waals surface area contributed by atoms with E-state index in [1.807, 2.05) is 0 Å². The highest BCUT2D eigenvalue weighted by atomic mass is 35.5. The molecule has 4 nitrogen and oxygen atoms in total. The van der Waals surface area contributed by atoms with Crippen LogP contribution in [0, 0.1) is 0 Å². The first kappa shape index (κ1) is 14.6. The monoisotopic (exact) mass is 278 g/mol. The van der Waals surface area contributed by atoms with Gasteiger partial charge >= 0.3 is 6.09 Å². The van der Waals surface area contributed by atoms with Crippen LogP contribution in [0.15, 0.2) is 12.1 Å². The van der Waals surface area contributed by atoms with Gasteiger partial charge in [-0.15, -0.1) is 0 Å². The molecule has 0 aliphatic carbocycles. The summed E-state index contributed by atoms with van der Waals surface area (Å²) in [7, 11) is 0. The smallest absolute Gasteiger partial charge is 0.412 e. The number of amides is 1. The molecule has 0 aliphatic heterocycles. The predicted molar refractivity (Wildman–Crippen MR) is 64.1 cm³/mol. The number of carbonyl (C=O) groups excluding carboxylic acids is 1. The number of halogens is 3. The second kappa shape index (κ2) is 5.48. The number of nitrogens with zero attached hydrogens (tertiary/aromatic N) is 1. The summed E-state index contributed by atoms with van der Waals surface area (Å²) in [5, 5.41) is 2.19. The van der Waals surface area contributed by atoms with Crippen LogP contribution in [-0.2, 0) is 4.74 Å². The maximum absolute atomic E-state index is 12.5. The lowest BCUT2D eigenvalue weighted by Crippen LogP contribution is -2.27. The van der Waals surface area contributed by atoms with Crippen molar-refractivity contribution in [3.05, 3.63) is 23.0 Å². The van der Waals surface area contributed by atoms with Gasteiger partial charge in [-0.1, -0.05) is 11.6 Å². The zero-order valence-corrected chi connectivity index (χ0v) is 10.9. The van der Waals surface area contributed by atoms with E-state index in [0.29, 0.717) is 0 Å². The molecule has 0 aromatic carbocycles. The summed E-state index contributed by atoms with van der Waals surface area (Å²) in [6.45, 7) is 5.07. The van der Waals surface area contributed by atoms with Crippen LogP contribution in [0.25, 0.3) is 0 Å². The van der Waals surface area contributed by atoms with Crippen molar-refractivity contribution in [2.45, 2.75) is 32.8 Å². The summed E-state index contributed by atoms with van der Waals surface area (Å²) in [6.07, 6.45) is -3.51. The molecule has 1 aromatic heterocycles. The van der Waals surface area contributed by atoms with E-state index in [-0.39, 0.29) is 10.8 Å². The summed E-state index contributed by atoms with van der Waals surface area (Å²) < 4.78 is 29.9. The van der Waals surface area contributed by atoms with Crippen LogP contribution in [0.2, 0.25) is 5.15 Å². The predicted octanol–water partition coefficient (Wildman–Crippen LogP) is 4.02. The van der Waals surface area contributed by atoms with Crippen molar-refractivity contribution in [1.29, 1.82) is 0 Å². The van der Waals surface area contributed by atoms with Gasteiger partial charge in [0.05, 0.1) is 0 Å². The third kappa shape index (κ3) is 4.83. The first-order chi connectivity index (χ1) is 8.17. The third-order valence-corrected chi connectivity index (χ3v) is 1.88. The molecule has 1 rings (SSSR count). The third-order valence-electron chi connectivity index (χ3n) is 1.68. The Kier molecular flexibility index (Phi) is 4.45. The molecular weight excluding hydrogens is 266 g/mol. The van der Waals surface area contributed by atoms with E-state index in [1.165, 1.54) is 6.07 Å². The van der Waals surface area contributed by atoms with E-state index >= 15 is 0 Å². The minimum Gasteiger partial charge on any atom is -0.444 e. The first-order valence-corrected chi connectivity index (χ1v) is 5.51. The molecule has 1 aromatic rings. The summed E-state index contributed by atoms with van der Waals surface area (Å²) >= 11 is 5.57. The van der Waals surface area contributed by atoms with Crippen molar-refractivity contribution in [2.75, 3.05) is 5.32 Å². The van der Waals surface area contributed by atoms with Crippen molar-refractivity contribution >= 4 is 23.4 Å². The van der Waals surface area contributed by atoms with Gasteiger partial charge in [-0.3, -0.25) is 5.32 Å². The number of anilines is 1. The maximum Gasteiger partial charge on any atom is 0.412 e. The molecule has 1 heterocycles. The second-order valence-corrected chi connectivity index (χ2v) is 4.92. The molecule has 18 heavy (non-hydrogen) atoms. The standard InChI is InChI=1S/C11H13ClF2N2O2/c1-11(2,3)18-10(17)15-6-4-7(9(13)14)16-8(12)5-6/h4-5,9H,1-3H3,(H,15,16,17). The number of hydrogen-bond acceptors (Lipinski definition) is 3. The van der Waals surface area contributed by atoms with Gasteiger partial charge in [0.15, 0.2) is 0 Å². The number of carbonyl (C=O) groups is 1. The van der Waals surface area contributed by atoms with E-state index in [9.17, 15) is 13.6 Å². The van der Waals surface area contributed by atoms with E-state index < -0.39 is 23.8 Å². The Morgan fingerprint density at radius 3 is 2.56 bits per heavy atom. The van der Waals surface area contributed by atoms with Crippen LogP contribution in [0.4, 0.5) is 19.3 Å². The van der Waals surface area contributed by atoms with Crippen molar-refractivity contribution in [1.82, 2.24) is 4.98 Å². The van der Waals surface area contributed by atoms with Gasteiger partial charge in [0.1, 0.15) is 16.4 Å². The number of ether oxygens (including phenoxy) is 1. The second-order valence-electron chi connectivity index (χ2n) is 4.53. The molecule has 0 spiro atoms. The van der Waals surface area contributed by atoms with Crippen molar-refractivity contribution in [3.63, 3.8) is 0 Å². The molecule has 0 atom stereocenters. The lowest BCUT2D eigenvalue weighted by atomic mass is 10.2. The largest absolute Gasteiger partial charge is 0.444 e. The van der Waals surface area contributed by atoms with Crippen LogP contribution in [0.5, 0.6) is 0 Å². The van der Waals surface area contributed by atoms with Gasteiger partial charge in [-0.05, 0) is 32.9 Å². The van der Waals surface area contributed by atoms with Crippen molar-refractivity contribution < 1.29 is 18.3 Å². The fourth-order valence-corrected chi connectivity index (χ4v) is 1.34. The summed E-state index contributed by atoms with van der Waals surface area (Å²) in [4.78, 5) is 14.9. The average Bonchev–Trinajstić information content (AvgIpc) is 2.12. The number of rotatable bonds is 2. The van der Waals surface area contributed by atoms with E-state index in [1.54, 1.807) is 20.8 Å². The normalized spacial score (nSPS) is 11.5. The van der Waals surface area contributed by atoms with Crippen LogP contribution in [0.1, 0.15) is 32.9 Å². The number of hydrogen-bond donors (Lipinski definition) is 1. The van der Waals surface area contributed by atoms with E-state index in [2.05, 4.69) is 10.3 Å². The van der Waals surface area contributed by atoms with Crippen LogP contribution >= 0.6 is 11.6 Å². The summed E-state index contributed by atoms with van der Waals surface area (Å²) in [5.41, 5.74) is -1.07. The molecule has 0 unspecified atom stereocenters. The highest BCUT2D eigenvalue weighted by molar-refractivity contribution is 6.29. The molecule has 0 radical (unpaired) electrons. The Morgan fingerprint density at radius 1 is 1.44 bits per heavy atom. The minimum atomic E-state index is -2.76. The average molecular weight is 279 g/mol. The Bertz CT molecular complexity index is 447. The molecule has 0 saturated heterocycles. The lowest BCUT2D eigenvalue weighted by Gasteiger charge is -2.19. The molecule has 100 valence electrons. The van der Waals surface area contributed by atoms with Crippen LogP contribution < -0.4 is 5.32 Å². The van der Waals surface area contributed by atoms with Gasteiger partial charge in [0.25, 0.3) is 6.43 Å². The van der Waals surface area contributed by atoms with E-state index in [0.717, 1.165) is 6.07 Å². The van der Waals surface area contributed by atoms with E-state index in [4.69, 9.17) is 16.3 Å². The number of nitrogens with one attached hydrogen (secondary N) is 1. The molecule has 7 heteroatoms. The SMILES string of the molecule is CC(C)(C)OC(=O)Nc1cc(Cl)nc(C(F)F)c1. The topological polar surface area (TPSA) is 51.2 Å². The summed E-state index contributed by atoms with van der Waals surface area (Å²) in [5.74, 6) is 0. The fraction of sp³-hybridized carbons (Fsp3) is 0.455. The maximum atomic E-state index is 12.5. The number of alkyl halides is 2. The van der Waals surface area contributed by atoms with Crippen LogP contribution in [0.3, 0.4) is 0 Å². The molecular formula is C11H13ClF2N2O2. The van der Waals surface area contributed by atoms with Crippen LogP contribution in [-0.4, -0.2) is 16.7 Å². The molecule has 1 N–H and O–H groups in total. The molecule has 0 bridgehead atoms. The van der Waals surface area contributed by atoms with Gasteiger partial charge in [-0.25, -0.2) is 18.6 Å². The van der Waals surface area contributed by atoms with Gasteiger partial charge in [0.2, 0.25) is 0 Å². The fourth-order valence-electron chi connectivity index (χ4n) is 1.12. The Morgan fingerprint density at radius 2 is 2.06 bits per heavy atom. The highest BCUT2D eigenvalue weighted by Crippen LogP contribution is 2.23. The number of aromatic nitrogens is 1. The zero-order valence-electron chi connectivity index (χ0n) is 10.1. The van der Waals surface area contributed by atoms with Gasteiger partial charge < -0.3 is 4.74 Å². The van der Waals surface area contributed by atoms with Gasteiger partial charge in [0, 0.05) is 5.69 Å². The Hall–Kier alpha value is -1.43. The molecule has 0 saturated carbocycles. The highest BCUT2D eigenvalue weighted by Gasteiger charge is 2.17. The van der Waals surface area contributed by atoms with Crippen molar-refractivity contribution in [3.8, 4) is 0 Å². The lowest BCUT2D eigenvalue weighted by molar-refractivity contribution is 0.0635. The Labute approximate surface area is 108 Å². The molecule has 0 aliphatic rings. The summed E-state index contributed by atoms with van der Waals surface area (Å²) in [6, 6.07) is 2.30. The van der Waals surface area contributed by atoms with Gasteiger partial charge in [-0.2, -0.15) is 0 Å². The molecule has 1 amide bonds. The quantitative estimate of drug-likeness (QED) is 0.831. The Balaban J connectivity index is 2.82. The van der Waals surface area contributed by atoms with Crippen molar-refractivity contribution in [2.24, 2.45) is 0 Å². The zero-order chi connectivity index (χ0) is 13.9.